The Kier molecular flexibility index (Phi) is 2.83. The second-order valence-electron chi connectivity index (χ2n) is 4.14. The molecule has 1 aliphatic rings. The number of nitrogens with two attached hydrogens (primary N) is 1. The van der Waals surface area contributed by atoms with Gasteiger partial charge in [-0.05, 0) is 19.4 Å². The molecule has 5 nitrogen and oxygen atoms in total. The van der Waals surface area contributed by atoms with Gasteiger partial charge < -0.3 is 11.1 Å². The van der Waals surface area contributed by atoms with E-state index >= 15 is 0 Å². The monoisotopic (exact) mass is 207 g/mol. The van der Waals surface area contributed by atoms with Crippen molar-refractivity contribution in [1.29, 1.82) is 0 Å². The van der Waals surface area contributed by atoms with Crippen LogP contribution in [-0.4, -0.2) is 34.1 Å². The molecule has 0 aliphatic carbocycles. The molecule has 3 N–H and O–H groups in total. The van der Waals surface area contributed by atoms with Gasteiger partial charge in [0.1, 0.15) is 0 Å². The molecule has 1 aliphatic heterocycles. The lowest BCUT2D eigenvalue weighted by Gasteiger charge is -2.20. The van der Waals surface area contributed by atoms with Gasteiger partial charge in [-0.15, -0.1) is 5.10 Å². The summed E-state index contributed by atoms with van der Waals surface area (Å²) in [6.45, 7) is 5.87. The molecule has 0 aromatic carbocycles. The molecule has 1 unspecified atom stereocenters. The molecule has 2 rings (SSSR count). The molecule has 0 fully saturated rings. The molecule has 0 amide bonds. The molecule has 0 spiro atoms. The standard InChI is InChI=1S/C10H17N5/c1-7(2)15-10(6-13-14-15)8-3-9(11)5-12-4-8/h3,6-7,9,12H,4-5,11H2,1-2H3. The van der Waals surface area contributed by atoms with E-state index in [1.54, 1.807) is 6.20 Å². The van der Waals surface area contributed by atoms with Crippen LogP contribution in [0, 0.1) is 0 Å². The van der Waals surface area contributed by atoms with Crippen molar-refractivity contribution in [2.24, 2.45) is 5.73 Å². The second-order valence-corrected chi connectivity index (χ2v) is 4.14. The summed E-state index contributed by atoms with van der Waals surface area (Å²) in [5, 5.41) is 11.3. The molecule has 5 heteroatoms. The van der Waals surface area contributed by atoms with Crippen molar-refractivity contribution in [3.8, 4) is 0 Å². The number of hydrogen-bond acceptors (Lipinski definition) is 4. The van der Waals surface area contributed by atoms with Gasteiger partial charge in [0.15, 0.2) is 0 Å². The summed E-state index contributed by atoms with van der Waals surface area (Å²) in [6.07, 6.45) is 3.89. The van der Waals surface area contributed by atoms with E-state index in [2.05, 4.69) is 35.6 Å². The van der Waals surface area contributed by atoms with E-state index in [9.17, 15) is 0 Å². The highest BCUT2D eigenvalue weighted by molar-refractivity contribution is 5.65. The normalized spacial score (nSPS) is 21.9. The van der Waals surface area contributed by atoms with E-state index in [0.29, 0.717) is 6.04 Å². The first kappa shape index (κ1) is 10.3. The third-order valence-corrected chi connectivity index (χ3v) is 2.50. The second kappa shape index (κ2) is 4.12. The Labute approximate surface area is 89.3 Å². The molecule has 1 aromatic heterocycles. The van der Waals surface area contributed by atoms with Crippen LogP contribution in [0.5, 0.6) is 0 Å². The average Bonchev–Trinajstić information content (AvgIpc) is 2.65. The lowest BCUT2D eigenvalue weighted by Crippen LogP contribution is -2.37. The Bertz CT molecular complexity index is 366. The highest BCUT2D eigenvalue weighted by Crippen LogP contribution is 2.18. The van der Waals surface area contributed by atoms with Gasteiger partial charge in [0, 0.05) is 25.2 Å². The molecule has 0 saturated carbocycles. The first-order chi connectivity index (χ1) is 7.18. The molecule has 0 saturated heterocycles. The lowest BCUT2D eigenvalue weighted by atomic mass is 10.1. The maximum absolute atomic E-state index is 5.87. The van der Waals surface area contributed by atoms with Crippen LogP contribution in [-0.2, 0) is 0 Å². The molecule has 82 valence electrons. The molecule has 1 aromatic rings. The fourth-order valence-corrected chi connectivity index (χ4v) is 1.78. The van der Waals surface area contributed by atoms with Gasteiger partial charge in [-0.2, -0.15) is 0 Å². The van der Waals surface area contributed by atoms with Gasteiger partial charge in [-0.3, -0.25) is 0 Å². The van der Waals surface area contributed by atoms with Crippen molar-refractivity contribution in [2.45, 2.75) is 25.9 Å². The fourth-order valence-electron chi connectivity index (χ4n) is 1.78. The topological polar surface area (TPSA) is 68.8 Å². The van der Waals surface area contributed by atoms with Crippen molar-refractivity contribution in [2.75, 3.05) is 13.1 Å². The largest absolute Gasteiger partial charge is 0.323 e. The first-order valence-electron chi connectivity index (χ1n) is 5.26. The summed E-state index contributed by atoms with van der Waals surface area (Å²) in [5.74, 6) is 0. The van der Waals surface area contributed by atoms with Crippen molar-refractivity contribution >= 4 is 5.57 Å². The minimum absolute atomic E-state index is 0.0873. The van der Waals surface area contributed by atoms with Crippen LogP contribution in [0.15, 0.2) is 12.3 Å². The Hall–Kier alpha value is -1.20. The summed E-state index contributed by atoms with van der Waals surface area (Å²) in [5.41, 5.74) is 8.12. The Morgan fingerprint density at radius 1 is 1.60 bits per heavy atom. The Balaban J connectivity index is 2.32. The average molecular weight is 207 g/mol. The van der Waals surface area contributed by atoms with E-state index in [4.69, 9.17) is 5.73 Å². The predicted octanol–water partition coefficient (Wildman–Crippen LogP) is 0.173. The fraction of sp³-hybridized carbons (Fsp3) is 0.600. The molecule has 0 radical (unpaired) electrons. The van der Waals surface area contributed by atoms with Gasteiger partial charge in [0.25, 0.3) is 0 Å². The molecule has 15 heavy (non-hydrogen) atoms. The van der Waals surface area contributed by atoms with Crippen LogP contribution >= 0.6 is 0 Å². The molecular formula is C10H17N5. The van der Waals surface area contributed by atoms with Crippen molar-refractivity contribution in [3.63, 3.8) is 0 Å². The third-order valence-electron chi connectivity index (χ3n) is 2.50. The van der Waals surface area contributed by atoms with Crippen molar-refractivity contribution < 1.29 is 0 Å². The lowest BCUT2D eigenvalue weighted by molar-refractivity contribution is 0.507. The predicted molar refractivity (Wildman–Crippen MR) is 59.2 cm³/mol. The maximum atomic E-state index is 5.87. The number of nitrogens with zero attached hydrogens (tertiary/aromatic N) is 3. The van der Waals surface area contributed by atoms with E-state index < -0.39 is 0 Å². The molecule has 2 heterocycles. The van der Waals surface area contributed by atoms with Crippen LogP contribution in [0.25, 0.3) is 5.57 Å². The summed E-state index contributed by atoms with van der Waals surface area (Å²) in [6, 6.07) is 0.408. The summed E-state index contributed by atoms with van der Waals surface area (Å²) < 4.78 is 1.92. The van der Waals surface area contributed by atoms with E-state index in [1.807, 2.05) is 4.68 Å². The van der Waals surface area contributed by atoms with Gasteiger partial charge in [0.05, 0.1) is 11.9 Å². The molecule has 1 atom stereocenters. The highest BCUT2D eigenvalue weighted by atomic mass is 15.4. The van der Waals surface area contributed by atoms with Gasteiger partial charge in [-0.1, -0.05) is 11.3 Å². The zero-order valence-electron chi connectivity index (χ0n) is 9.14. The number of rotatable bonds is 2. The summed E-state index contributed by atoms with van der Waals surface area (Å²) >= 11 is 0. The van der Waals surface area contributed by atoms with Crippen LogP contribution in [0.1, 0.15) is 25.6 Å². The van der Waals surface area contributed by atoms with Crippen LogP contribution < -0.4 is 11.1 Å². The molecule has 0 bridgehead atoms. The highest BCUT2D eigenvalue weighted by Gasteiger charge is 2.16. The van der Waals surface area contributed by atoms with E-state index in [1.165, 1.54) is 5.57 Å². The van der Waals surface area contributed by atoms with Gasteiger partial charge in [0.2, 0.25) is 0 Å². The van der Waals surface area contributed by atoms with E-state index in [0.717, 1.165) is 18.8 Å². The Morgan fingerprint density at radius 3 is 3.07 bits per heavy atom. The quantitative estimate of drug-likeness (QED) is 0.725. The number of nitrogens with one attached hydrogen (secondary N) is 1. The maximum Gasteiger partial charge on any atom is 0.0858 e. The molecular weight excluding hydrogens is 190 g/mol. The zero-order chi connectivity index (χ0) is 10.8. The minimum atomic E-state index is 0.0873. The smallest absolute Gasteiger partial charge is 0.0858 e. The van der Waals surface area contributed by atoms with Gasteiger partial charge >= 0.3 is 0 Å². The van der Waals surface area contributed by atoms with Gasteiger partial charge in [-0.25, -0.2) is 4.68 Å². The SMILES string of the molecule is CC(C)n1nncc1C1=CC(N)CNC1. The zero-order valence-corrected chi connectivity index (χ0v) is 9.14. The first-order valence-corrected chi connectivity index (χ1v) is 5.26. The van der Waals surface area contributed by atoms with Crippen LogP contribution in [0.2, 0.25) is 0 Å². The van der Waals surface area contributed by atoms with E-state index in [-0.39, 0.29) is 6.04 Å². The van der Waals surface area contributed by atoms with Crippen molar-refractivity contribution in [3.05, 3.63) is 18.0 Å². The van der Waals surface area contributed by atoms with Crippen LogP contribution in [0.3, 0.4) is 0 Å². The summed E-state index contributed by atoms with van der Waals surface area (Å²) in [7, 11) is 0. The van der Waals surface area contributed by atoms with Crippen LogP contribution in [0.4, 0.5) is 0 Å². The Morgan fingerprint density at radius 2 is 2.40 bits per heavy atom. The third kappa shape index (κ3) is 2.08. The summed E-state index contributed by atoms with van der Waals surface area (Å²) in [4.78, 5) is 0. The number of aromatic nitrogens is 3. The van der Waals surface area contributed by atoms with Crippen molar-refractivity contribution in [1.82, 2.24) is 20.3 Å². The minimum Gasteiger partial charge on any atom is -0.323 e. The number of hydrogen-bond donors (Lipinski definition) is 2.